The number of benzene rings is 1. The fourth-order valence-electron chi connectivity index (χ4n) is 1.35. The van der Waals surface area contributed by atoms with Gasteiger partial charge in [-0.3, -0.25) is 0 Å². The summed E-state index contributed by atoms with van der Waals surface area (Å²) in [5.41, 5.74) is 1.84. The van der Waals surface area contributed by atoms with Crippen LogP contribution in [0.4, 0.5) is 0 Å². The molecule has 4 heteroatoms. The molecule has 0 bridgehead atoms. The molecule has 0 aliphatic rings. The Hall–Kier alpha value is -0.700. The third-order valence-corrected chi connectivity index (χ3v) is 3.27. The molecule has 1 aromatic heterocycles. The number of rotatable bonds is 2. The largest absolute Gasteiger partial charge is 0.494 e. The van der Waals surface area contributed by atoms with Gasteiger partial charge in [0.05, 0.1) is 17.2 Å². The lowest BCUT2D eigenvalue weighted by Crippen LogP contribution is -1.89. The molecule has 0 fully saturated rings. The average Bonchev–Trinajstić information content (AvgIpc) is 2.74. The molecule has 1 heterocycles. The van der Waals surface area contributed by atoms with Crippen molar-refractivity contribution in [3.8, 4) is 16.9 Å². The molecule has 15 heavy (non-hydrogen) atoms. The first-order valence-corrected chi connectivity index (χ1v) is 5.90. The van der Waals surface area contributed by atoms with Crippen molar-refractivity contribution in [1.29, 1.82) is 0 Å². The summed E-state index contributed by atoms with van der Waals surface area (Å²) in [6.45, 7) is 0. The summed E-state index contributed by atoms with van der Waals surface area (Å²) < 4.78 is 5.24. The van der Waals surface area contributed by atoms with Crippen LogP contribution >= 0.6 is 34.5 Å². The Kier molecular flexibility index (Phi) is 3.19. The summed E-state index contributed by atoms with van der Waals surface area (Å²) in [5.74, 6) is 0.572. The molecule has 0 unspecified atom stereocenters. The molecule has 0 N–H and O–H groups in total. The van der Waals surface area contributed by atoms with Crippen LogP contribution in [0.5, 0.6) is 5.75 Å². The van der Waals surface area contributed by atoms with Gasteiger partial charge in [-0.25, -0.2) is 0 Å². The molecule has 1 radical (unpaired) electrons. The van der Waals surface area contributed by atoms with E-state index >= 15 is 0 Å². The minimum atomic E-state index is 0.447. The van der Waals surface area contributed by atoms with Gasteiger partial charge in [-0.05, 0) is 28.5 Å². The van der Waals surface area contributed by atoms with E-state index in [-0.39, 0.29) is 0 Å². The van der Waals surface area contributed by atoms with Crippen molar-refractivity contribution in [2.45, 2.75) is 0 Å². The van der Waals surface area contributed by atoms with E-state index in [9.17, 15) is 0 Å². The first kappa shape index (κ1) is 10.8. The quantitative estimate of drug-likeness (QED) is 0.768. The summed E-state index contributed by atoms with van der Waals surface area (Å²) in [5, 5.41) is 5.02. The average molecular weight is 258 g/mol. The van der Waals surface area contributed by atoms with Gasteiger partial charge >= 0.3 is 0 Å². The summed E-state index contributed by atoms with van der Waals surface area (Å²) in [4.78, 5) is 0. The minimum Gasteiger partial charge on any atom is -0.494 e. The van der Waals surface area contributed by atoms with Crippen LogP contribution in [0, 0.1) is 6.07 Å². The fraction of sp³-hybridized carbons (Fsp3) is 0.0909. The SMILES string of the molecule is COc1c(Cl)[c]cc(Cl)c1-c1ccsc1. The second kappa shape index (κ2) is 4.44. The molecule has 0 spiro atoms. The Morgan fingerprint density at radius 2 is 2.20 bits per heavy atom. The lowest BCUT2D eigenvalue weighted by atomic mass is 10.1. The van der Waals surface area contributed by atoms with Gasteiger partial charge in [-0.1, -0.05) is 23.2 Å². The number of ether oxygens (including phenoxy) is 1. The second-order valence-corrected chi connectivity index (χ2v) is 4.44. The van der Waals surface area contributed by atoms with E-state index in [0.29, 0.717) is 15.8 Å². The van der Waals surface area contributed by atoms with E-state index in [1.165, 1.54) is 0 Å². The normalized spacial score (nSPS) is 10.3. The predicted molar refractivity (Wildman–Crippen MR) is 65.2 cm³/mol. The number of hydrogen-bond acceptors (Lipinski definition) is 2. The smallest absolute Gasteiger partial charge is 0.147 e. The van der Waals surface area contributed by atoms with Crippen LogP contribution < -0.4 is 4.74 Å². The zero-order chi connectivity index (χ0) is 10.8. The number of methoxy groups -OCH3 is 1. The zero-order valence-electron chi connectivity index (χ0n) is 7.88. The van der Waals surface area contributed by atoms with Crippen molar-refractivity contribution in [3.05, 3.63) is 39.0 Å². The molecule has 0 aliphatic heterocycles. The van der Waals surface area contributed by atoms with Crippen molar-refractivity contribution in [3.63, 3.8) is 0 Å². The molecule has 0 saturated heterocycles. The number of hydrogen-bond donors (Lipinski definition) is 0. The standard InChI is InChI=1S/C11H7Cl2OS/c1-14-11-9(13)3-2-8(12)10(11)7-4-5-15-6-7/h2,4-6H,1H3. The van der Waals surface area contributed by atoms with Gasteiger partial charge in [0.15, 0.2) is 0 Å². The Labute approximate surface area is 102 Å². The van der Waals surface area contributed by atoms with Crippen molar-refractivity contribution >= 4 is 34.5 Å². The molecule has 0 amide bonds. The van der Waals surface area contributed by atoms with Gasteiger partial charge < -0.3 is 4.74 Å². The Bertz CT molecular complexity index is 466. The Balaban J connectivity index is 2.68. The van der Waals surface area contributed by atoms with Crippen LogP contribution in [0.25, 0.3) is 11.1 Å². The first-order chi connectivity index (χ1) is 7.24. The van der Waals surface area contributed by atoms with Crippen LogP contribution in [0.15, 0.2) is 22.9 Å². The summed E-state index contributed by atoms with van der Waals surface area (Å²) in [6, 6.07) is 6.46. The van der Waals surface area contributed by atoms with Gasteiger partial charge in [0.25, 0.3) is 0 Å². The molecular formula is C11H7Cl2OS. The van der Waals surface area contributed by atoms with E-state index in [1.807, 2.05) is 16.8 Å². The van der Waals surface area contributed by atoms with E-state index in [0.717, 1.165) is 11.1 Å². The fourth-order valence-corrected chi connectivity index (χ4v) is 2.47. The van der Waals surface area contributed by atoms with Crippen molar-refractivity contribution in [2.24, 2.45) is 0 Å². The lowest BCUT2D eigenvalue weighted by Gasteiger charge is -2.10. The second-order valence-electron chi connectivity index (χ2n) is 2.87. The monoisotopic (exact) mass is 257 g/mol. The molecule has 0 saturated carbocycles. The van der Waals surface area contributed by atoms with Crippen molar-refractivity contribution in [1.82, 2.24) is 0 Å². The van der Waals surface area contributed by atoms with Gasteiger partial charge in [0, 0.05) is 11.6 Å². The molecule has 0 atom stereocenters. The van der Waals surface area contributed by atoms with Crippen LogP contribution in [0.2, 0.25) is 10.0 Å². The maximum absolute atomic E-state index is 6.11. The van der Waals surface area contributed by atoms with Crippen molar-refractivity contribution in [2.75, 3.05) is 7.11 Å². The van der Waals surface area contributed by atoms with Crippen LogP contribution in [-0.4, -0.2) is 7.11 Å². The summed E-state index contributed by atoms with van der Waals surface area (Å²) in [7, 11) is 1.57. The van der Waals surface area contributed by atoms with E-state index < -0.39 is 0 Å². The van der Waals surface area contributed by atoms with Gasteiger partial charge in [0.2, 0.25) is 0 Å². The highest BCUT2D eigenvalue weighted by molar-refractivity contribution is 7.08. The summed E-state index contributed by atoms with van der Waals surface area (Å²) in [6.07, 6.45) is 0. The maximum Gasteiger partial charge on any atom is 0.147 e. The van der Waals surface area contributed by atoms with Gasteiger partial charge in [-0.2, -0.15) is 11.3 Å². The maximum atomic E-state index is 6.11. The van der Waals surface area contributed by atoms with Gasteiger partial charge in [-0.15, -0.1) is 0 Å². The highest BCUT2D eigenvalue weighted by atomic mass is 35.5. The Morgan fingerprint density at radius 1 is 1.40 bits per heavy atom. The number of halogens is 2. The zero-order valence-corrected chi connectivity index (χ0v) is 10.2. The summed E-state index contributed by atoms with van der Waals surface area (Å²) >= 11 is 13.7. The molecule has 0 aliphatic carbocycles. The Morgan fingerprint density at radius 3 is 2.80 bits per heavy atom. The number of thiophene rings is 1. The lowest BCUT2D eigenvalue weighted by molar-refractivity contribution is 0.416. The molecule has 77 valence electrons. The van der Waals surface area contributed by atoms with E-state index in [4.69, 9.17) is 27.9 Å². The third-order valence-electron chi connectivity index (χ3n) is 2.00. The van der Waals surface area contributed by atoms with Crippen LogP contribution in [0.3, 0.4) is 0 Å². The van der Waals surface area contributed by atoms with Crippen molar-refractivity contribution < 1.29 is 4.74 Å². The van der Waals surface area contributed by atoms with E-state index in [1.54, 1.807) is 24.5 Å². The van der Waals surface area contributed by atoms with Crippen LogP contribution in [0.1, 0.15) is 0 Å². The van der Waals surface area contributed by atoms with E-state index in [2.05, 4.69) is 6.07 Å². The molecular weight excluding hydrogens is 251 g/mol. The highest BCUT2D eigenvalue weighted by Crippen LogP contribution is 2.41. The molecule has 1 aromatic carbocycles. The first-order valence-electron chi connectivity index (χ1n) is 4.20. The highest BCUT2D eigenvalue weighted by Gasteiger charge is 2.14. The topological polar surface area (TPSA) is 9.23 Å². The third kappa shape index (κ3) is 1.98. The molecule has 2 aromatic rings. The minimum absolute atomic E-state index is 0.447. The molecule has 1 nitrogen and oxygen atoms in total. The molecule has 2 rings (SSSR count). The van der Waals surface area contributed by atoms with Crippen LogP contribution in [-0.2, 0) is 0 Å². The predicted octanol–water partition coefficient (Wildman–Crippen LogP) is 4.53. The van der Waals surface area contributed by atoms with Gasteiger partial charge in [0.1, 0.15) is 5.75 Å².